The van der Waals surface area contributed by atoms with E-state index in [1.165, 1.54) is 6.33 Å². The van der Waals surface area contributed by atoms with E-state index in [1.807, 2.05) is 0 Å². The number of hydrogen-bond donors (Lipinski definition) is 2. The Morgan fingerprint density at radius 3 is 2.28 bits per heavy atom. The zero-order chi connectivity index (χ0) is 24.8. The van der Waals surface area contributed by atoms with E-state index in [-0.39, 0.29) is 24.5 Å². The first-order valence-electron chi connectivity index (χ1n) is 12.2. The minimum atomic E-state index is -1.98. The molecule has 1 aromatic heterocycles. The third-order valence-electron chi connectivity index (χ3n) is 7.69. The number of esters is 1. The second kappa shape index (κ2) is 8.69. The molecule has 0 spiro atoms. The van der Waals surface area contributed by atoms with E-state index in [4.69, 9.17) is 9.47 Å². The fourth-order valence-corrected chi connectivity index (χ4v) is 5.86. The van der Waals surface area contributed by atoms with Gasteiger partial charge < -0.3 is 24.4 Å². The van der Waals surface area contributed by atoms with Crippen LogP contribution in [0.5, 0.6) is 11.5 Å². The molecule has 0 saturated carbocycles. The molecule has 3 aromatic rings. The van der Waals surface area contributed by atoms with Gasteiger partial charge >= 0.3 is 5.97 Å². The van der Waals surface area contributed by atoms with Gasteiger partial charge in [-0.2, -0.15) is 0 Å². The SMILES string of the molecule is O=C(C[N+]12CCC(CC1)C(OC(=O)C1(O)c3ccccc3Oc3ccccc31)C2)Nc1cncnc1. The highest BCUT2D eigenvalue weighted by molar-refractivity contribution is 5.91. The highest BCUT2D eigenvalue weighted by Crippen LogP contribution is 2.48. The molecule has 4 aliphatic rings. The van der Waals surface area contributed by atoms with Gasteiger partial charge in [0.05, 0.1) is 31.2 Å². The van der Waals surface area contributed by atoms with Crippen molar-refractivity contribution >= 4 is 17.6 Å². The molecule has 9 nitrogen and oxygen atoms in total. The van der Waals surface area contributed by atoms with E-state index in [2.05, 4.69) is 15.3 Å². The Morgan fingerprint density at radius 2 is 1.64 bits per heavy atom. The summed E-state index contributed by atoms with van der Waals surface area (Å²) in [6, 6.07) is 14.0. The quantitative estimate of drug-likeness (QED) is 0.420. The van der Waals surface area contributed by atoms with Crippen molar-refractivity contribution in [3.63, 3.8) is 0 Å². The minimum absolute atomic E-state index is 0.124. The number of fused-ring (bicyclic) bond motifs is 5. The van der Waals surface area contributed by atoms with Crippen molar-refractivity contribution in [2.45, 2.75) is 24.5 Å². The Labute approximate surface area is 208 Å². The zero-order valence-electron chi connectivity index (χ0n) is 19.7. The van der Waals surface area contributed by atoms with Gasteiger partial charge in [0.15, 0.2) is 12.6 Å². The molecule has 1 amide bonds. The summed E-state index contributed by atoms with van der Waals surface area (Å²) in [5, 5.41) is 14.7. The van der Waals surface area contributed by atoms with Gasteiger partial charge in [0, 0.05) is 29.9 Å². The lowest BCUT2D eigenvalue weighted by Gasteiger charge is -2.51. The number of nitrogens with zero attached hydrogens (tertiary/aromatic N) is 3. The number of rotatable bonds is 5. The van der Waals surface area contributed by atoms with Gasteiger partial charge in [0.25, 0.3) is 5.91 Å². The van der Waals surface area contributed by atoms with Crippen LogP contribution in [0.4, 0.5) is 5.69 Å². The fourth-order valence-electron chi connectivity index (χ4n) is 5.86. The lowest BCUT2D eigenvalue weighted by molar-refractivity contribution is -0.939. The van der Waals surface area contributed by atoms with E-state index in [0.29, 0.717) is 39.3 Å². The number of carbonyl (C=O) groups is 2. The molecule has 36 heavy (non-hydrogen) atoms. The van der Waals surface area contributed by atoms with Crippen LogP contribution >= 0.6 is 0 Å². The molecule has 3 saturated heterocycles. The summed E-state index contributed by atoms with van der Waals surface area (Å²) in [7, 11) is 0. The predicted molar refractivity (Wildman–Crippen MR) is 129 cm³/mol. The van der Waals surface area contributed by atoms with Crippen molar-refractivity contribution in [3.05, 3.63) is 78.4 Å². The minimum Gasteiger partial charge on any atom is -0.457 e. The van der Waals surface area contributed by atoms with E-state index in [9.17, 15) is 14.7 Å². The molecular weight excluding hydrogens is 460 g/mol. The van der Waals surface area contributed by atoms with Crippen LogP contribution in [0.15, 0.2) is 67.3 Å². The Balaban J connectivity index is 1.23. The normalized spacial score (nSPS) is 25.1. The molecule has 5 heterocycles. The number of benzene rings is 2. The third-order valence-corrected chi connectivity index (χ3v) is 7.69. The molecule has 2 bridgehead atoms. The highest BCUT2D eigenvalue weighted by Gasteiger charge is 2.53. The van der Waals surface area contributed by atoms with Crippen molar-refractivity contribution in [1.29, 1.82) is 0 Å². The van der Waals surface area contributed by atoms with Crippen LogP contribution in [0.2, 0.25) is 0 Å². The lowest BCUT2D eigenvalue weighted by atomic mass is 9.81. The van der Waals surface area contributed by atoms with Crippen molar-refractivity contribution in [2.24, 2.45) is 5.92 Å². The van der Waals surface area contributed by atoms with Gasteiger partial charge in [0.1, 0.15) is 24.4 Å². The zero-order valence-corrected chi connectivity index (χ0v) is 19.7. The molecule has 0 aliphatic carbocycles. The lowest BCUT2D eigenvalue weighted by Crippen LogP contribution is -2.66. The summed E-state index contributed by atoms with van der Waals surface area (Å²) in [4.78, 5) is 34.4. The van der Waals surface area contributed by atoms with Crippen LogP contribution in [0, 0.1) is 5.92 Å². The molecule has 0 radical (unpaired) electrons. The van der Waals surface area contributed by atoms with Crippen LogP contribution in [-0.2, 0) is 19.9 Å². The van der Waals surface area contributed by atoms with Gasteiger partial charge in [-0.1, -0.05) is 36.4 Å². The molecule has 7 rings (SSSR count). The second-order valence-corrected chi connectivity index (χ2v) is 9.89. The number of aliphatic hydroxyl groups is 1. The number of anilines is 1. The summed E-state index contributed by atoms with van der Waals surface area (Å²) in [5.41, 5.74) is -0.700. The smallest absolute Gasteiger partial charge is 0.348 e. The van der Waals surface area contributed by atoms with Gasteiger partial charge in [-0.05, 0) is 12.1 Å². The maximum absolute atomic E-state index is 13.7. The molecule has 1 atom stereocenters. The fraction of sp³-hybridized carbons (Fsp3) is 0.333. The maximum Gasteiger partial charge on any atom is 0.348 e. The Morgan fingerprint density at radius 1 is 1.03 bits per heavy atom. The number of ether oxygens (including phenoxy) is 2. The van der Waals surface area contributed by atoms with Crippen LogP contribution in [0.1, 0.15) is 24.0 Å². The van der Waals surface area contributed by atoms with Crippen LogP contribution in [0.3, 0.4) is 0 Å². The topological polar surface area (TPSA) is 111 Å². The monoisotopic (exact) mass is 487 g/mol. The second-order valence-electron chi connectivity index (χ2n) is 9.89. The van der Waals surface area contributed by atoms with Gasteiger partial charge in [-0.25, -0.2) is 14.8 Å². The maximum atomic E-state index is 13.7. The van der Waals surface area contributed by atoms with Gasteiger partial charge in [-0.15, -0.1) is 0 Å². The first-order valence-corrected chi connectivity index (χ1v) is 12.2. The number of hydrogen-bond acceptors (Lipinski definition) is 7. The molecule has 2 aromatic carbocycles. The van der Waals surface area contributed by atoms with E-state index >= 15 is 0 Å². The number of quaternary nitrogens is 1. The average molecular weight is 488 g/mol. The van der Waals surface area contributed by atoms with Gasteiger partial charge in [0.2, 0.25) is 5.60 Å². The molecule has 2 N–H and O–H groups in total. The number of amides is 1. The van der Waals surface area contributed by atoms with Crippen molar-refractivity contribution < 1.29 is 28.7 Å². The molecule has 184 valence electrons. The van der Waals surface area contributed by atoms with Crippen LogP contribution in [-0.4, -0.2) is 63.7 Å². The van der Waals surface area contributed by atoms with Gasteiger partial charge in [-0.3, -0.25) is 4.79 Å². The van der Waals surface area contributed by atoms with Crippen LogP contribution in [0.25, 0.3) is 0 Å². The Hall–Kier alpha value is -3.82. The van der Waals surface area contributed by atoms with Crippen LogP contribution < -0.4 is 10.1 Å². The summed E-state index contributed by atoms with van der Waals surface area (Å²) < 4.78 is 12.6. The highest BCUT2D eigenvalue weighted by atomic mass is 16.6. The molecular formula is C27H27N4O5+. The first-order chi connectivity index (χ1) is 17.5. The van der Waals surface area contributed by atoms with Crippen molar-refractivity contribution in [3.8, 4) is 11.5 Å². The Bertz CT molecular complexity index is 1260. The summed E-state index contributed by atoms with van der Waals surface area (Å²) in [6.07, 6.45) is 5.85. The van der Waals surface area contributed by atoms with Crippen molar-refractivity contribution in [1.82, 2.24) is 9.97 Å². The largest absolute Gasteiger partial charge is 0.457 e. The molecule has 1 unspecified atom stereocenters. The molecule has 3 fully saturated rings. The average Bonchev–Trinajstić information content (AvgIpc) is 2.90. The number of piperidine rings is 3. The van der Waals surface area contributed by atoms with E-state index < -0.39 is 11.6 Å². The summed E-state index contributed by atoms with van der Waals surface area (Å²) in [5.74, 6) is 0.215. The number of para-hydroxylation sites is 2. The van der Waals surface area contributed by atoms with E-state index in [0.717, 1.165) is 25.9 Å². The summed E-state index contributed by atoms with van der Waals surface area (Å²) >= 11 is 0. The third kappa shape index (κ3) is 3.81. The Kier molecular flexibility index (Phi) is 5.46. The number of aromatic nitrogens is 2. The number of carbonyl (C=O) groups excluding carboxylic acids is 2. The van der Waals surface area contributed by atoms with Crippen molar-refractivity contribution in [2.75, 3.05) is 31.5 Å². The first kappa shape index (κ1) is 22.6. The predicted octanol–water partition coefficient (Wildman–Crippen LogP) is 2.61. The standard InChI is InChI=1S/C27H26N4O5/c32-25(30-19-13-28-17-29-14-19)16-31-11-9-18(10-12-31)24(15-31)36-26(33)27(34)20-5-1-3-7-22(20)35-23-8-4-2-6-21(23)27/h1-8,13-14,17-18,24,34H,9-12,15-16H2/p+1. The van der Waals surface area contributed by atoms with E-state index in [1.54, 1.807) is 60.9 Å². The molecule has 9 heteroatoms. The summed E-state index contributed by atoms with van der Waals surface area (Å²) in [6.45, 7) is 2.51. The number of nitrogens with one attached hydrogen (secondary N) is 1. The molecule has 4 aliphatic heterocycles.